The molecule has 0 heteroatoms. The third kappa shape index (κ3) is 1.87. The van der Waals surface area contributed by atoms with Gasteiger partial charge >= 0.3 is 0 Å². The number of allylic oxidation sites excluding steroid dienone is 6. The van der Waals surface area contributed by atoms with Crippen molar-refractivity contribution in [3.05, 3.63) is 35.5 Å². The predicted molar refractivity (Wildman–Crippen MR) is 45.9 cm³/mol. The van der Waals surface area contributed by atoms with E-state index < -0.39 is 0 Å². The van der Waals surface area contributed by atoms with Gasteiger partial charge in [-0.05, 0) is 25.3 Å². The van der Waals surface area contributed by atoms with Gasteiger partial charge in [0, 0.05) is 0 Å². The summed E-state index contributed by atoms with van der Waals surface area (Å²) in [6, 6.07) is 0. The maximum Gasteiger partial charge on any atom is -0.00973 e. The fraction of sp³-hybridized carbons (Fsp3) is 0.400. The molecule has 0 N–H and O–H groups in total. The molecule has 0 atom stereocenters. The van der Waals surface area contributed by atoms with E-state index in [-0.39, 0.29) is 0 Å². The van der Waals surface area contributed by atoms with Crippen LogP contribution in [0.25, 0.3) is 0 Å². The van der Waals surface area contributed by atoms with E-state index in [9.17, 15) is 0 Å². The summed E-state index contributed by atoms with van der Waals surface area (Å²) in [6.07, 6.45) is 11.2. The van der Waals surface area contributed by atoms with Crippen LogP contribution in [0.5, 0.6) is 0 Å². The second-order valence-corrected chi connectivity index (χ2v) is 2.68. The molecule has 0 nitrogen and oxygen atoms in total. The van der Waals surface area contributed by atoms with Gasteiger partial charge in [-0.1, -0.05) is 36.8 Å². The lowest BCUT2D eigenvalue weighted by atomic mass is 10.0. The molecule has 0 saturated carbocycles. The van der Waals surface area contributed by atoms with Gasteiger partial charge < -0.3 is 0 Å². The fourth-order valence-corrected chi connectivity index (χ4v) is 1.18. The van der Waals surface area contributed by atoms with Crippen LogP contribution in [0, 0.1) is 0 Å². The minimum absolute atomic E-state index is 1.12. The molecule has 0 aromatic heterocycles. The molecule has 0 fully saturated rings. The zero-order chi connectivity index (χ0) is 7.40. The molecule has 54 valence electrons. The molecule has 1 aliphatic rings. The summed E-state index contributed by atoms with van der Waals surface area (Å²) in [5, 5.41) is 0. The Morgan fingerprint density at radius 3 is 3.00 bits per heavy atom. The standard InChI is InChI=1S/C10H14/c1-3-5-10-7-4-6-9(2)8-10/h4-6,8H,3,7H2,1-2H3. The van der Waals surface area contributed by atoms with Gasteiger partial charge in [0.05, 0.1) is 0 Å². The third-order valence-corrected chi connectivity index (χ3v) is 1.61. The molecule has 0 amide bonds. The van der Waals surface area contributed by atoms with Crippen molar-refractivity contribution in [2.45, 2.75) is 26.7 Å². The Bertz CT molecular complexity index is 192. The topological polar surface area (TPSA) is 0 Å². The van der Waals surface area contributed by atoms with Gasteiger partial charge in [-0.15, -0.1) is 0 Å². The maximum absolute atomic E-state index is 2.28. The van der Waals surface area contributed by atoms with E-state index in [2.05, 4.69) is 38.2 Å². The first-order valence-corrected chi connectivity index (χ1v) is 3.87. The van der Waals surface area contributed by atoms with Crippen LogP contribution in [0.1, 0.15) is 26.7 Å². The summed E-state index contributed by atoms with van der Waals surface area (Å²) in [5.41, 5.74) is 2.83. The molecule has 0 unspecified atom stereocenters. The molecule has 0 aromatic carbocycles. The molecular formula is C10H14. The Kier molecular flexibility index (Phi) is 2.49. The predicted octanol–water partition coefficient (Wildman–Crippen LogP) is 3.23. The highest BCUT2D eigenvalue weighted by atomic mass is 14.0. The second kappa shape index (κ2) is 3.40. The number of hydrogen-bond donors (Lipinski definition) is 0. The van der Waals surface area contributed by atoms with Gasteiger partial charge in [-0.25, -0.2) is 0 Å². The first kappa shape index (κ1) is 7.33. The highest BCUT2D eigenvalue weighted by Gasteiger charge is 1.94. The second-order valence-electron chi connectivity index (χ2n) is 2.68. The van der Waals surface area contributed by atoms with Crippen molar-refractivity contribution in [1.82, 2.24) is 0 Å². The van der Waals surface area contributed by atoms with E-state index in [0.29, 0.717) is 0 Å². The van der Waals surface area contributed by atoms with Crippen LogP contribution in [0.4, 0.5) is 0 Å². The van der Waals surface area contributed by atoms with Crippen molar-refractivity contribution in [3.63, 3.8) is 0 Å². The molecule has 0 saturated heterocycles. The molecule has 0 aliphatic heterocycles. The Balaban J connectivity index is 2.68. The Hall–Kier alpha value is -0.780. The molecule has 0 spiro atoms. The zero-order valence-electron chi connectivity index (χ0n) is 6.72. The van der Waals surface area contributed by atoms with Crippen LogP contribution >= 0.6 is 0 Å². The van der Waals surface area contributed by atoms with Gasteiger partial charge in [-0.2, -0.15) is 0 Å². The van der Waals surface area contributed by atoms with Gasteiger partial charge in [0.1, 0.15) is 0 Å². The molecule has 1 rings (SSSR count). The largest absolute Gasteiger partial charge is 0.0813 e. The van der Waals surface area contributed by atoms with Gasteiger partial charge in [-0.3, -0.25) is 0 Å². The summed E-state index contributed by atoms with van der Waals surface area (Å²) >= 11 is 0. The van der Waals surface area contributed by atoms with Gasteiger partial charge in [0.15, 0.2) is 0 Å². The lowest BCUT2D eigenvalue weighted by Gasteiger charge is -2.04. The summed E-state index contributed by atoms with van der Waals surface area (Å²) in [5.74, 6) is 0. The highest BCUT2D eigenvalue weighted by Crippen LogP contribution is 2.15. The molecule has 10 heavy (non-hydrogen) atoms. The Labute approximate surface area is 62.9 Å². The summed E-state index contributed by atoms with van der Waals surface area (Å²) < 4.78 is 0. The van der Waals surface area contributed by atoms with Crippen LogP contribution in [-0.4, -0.2) is 0 Å². The van der Waals surface area contributed by atoms with Crippen molar-refractivity contribution in [2.75, 3.05) is 0 Å². The molecular weight excluding hydrogens is 120 g/mol. The summed E-state index contributed by atoms with van der Waals surface area (Å²) in [7, 11) is 0. The quantitative estimate of drug-likeness (QED) is 0.516. The van der Waals surface area contributed by atoms with E-state index in [0.717, 1.165) is 12.8 Å². The minimum Gasteiger partial charge on any atom is -0.0813 e. The van der Waals surface area contributed by atoms with Crippen molar-refractivity contribution in [1.29, 1.82) is 0 Å². The van der Waals surface area contributed by atoms with Gasteiger partial charge in [0.25, 0.3) is 0 Å². The van der Waals surface area contributed by atoms with Crippen LogP contribution < -0.4 is 0 Å². The number of rotatable bonds is 1. The summed E-state index contributed by atoms with van der Waals surface area (Å²) in [4.78, 5) is 0. The monoisotopic (exact) mass is 134 g/mol. The molecule has 0 bridgehead atoms. The van der Waals surface area contributed by atoms with E-state index in [1.807, 2.05) is 0 Å². The third-order valence-electron chi connectivity index (χ3n) is 1.61. The Morgan fingerprint density at radius 1 is 1.60 bits per heavy atom. The lowest BCUT2D eigenvalue weighted by Crippen LogP contribution is -1.83. The van der Waals surface area contributed by atoms with Crippen LogP contribution in [0.2, 0.25) is 0 Å². The molecule has 1 aliphatic carbocycles. The van der Waals surface area contributed by atoms with E-state index in [1.165, 1.54) is 11.1 Å². The molecule has 0 heterocycles. The smallest absolute Gasteiger partial charge is 0.00973 e. The van der Waals surface area contributed by atoms with E-state index in [1.54, 1.807) is 0 Å². The van der Waals surface area contributed by atoms with Crippen LogP contribution in [-0.2, 0) is 0 Å². The average Bonchev–Trinajstić information content (AvgIpc) is 1.88. The van der Waals surface area contributed by atoms with E-state index in [4.69, 9.17) is 0 Å². The SMILES string of the molecule is CCC=C1C=C(C)C=CC1. The first-order valence-electron chi connectivity index (χ1n) is 3.87. The van der Waals surface area contributed by atoms with Crippen LogP contribution in [0.15, 0.2) is 35.5 Å². The van der Waals surface area contributed by atoms with Crippen molar-refractivity contribution >= 4 is 0 Å². The average molecular weight is 134 g/mol. The normalized spacial score (nSPS) is 21.4. The molecule has 0 aromatic rings. The zero-order valence-corrected chi connectivity index (χ0v) is 6.72. The van der Waals surface area contributed by atoms with E-state index >= 15 is 0 Å². The first-order chi connectivity index (χ1) is 4.83. The Morgan fingerprint density at radius 2 is 2.40 bits per heavy atom. The molecule has 0 radical (unpaired) electrons. The van der Waals surface area contributed by atoms with Crippen molar-refractivity contribution in [3.8, 4) is 0 Å². The number of hydrogen-bond acceptors (Lipinski definition) is 0. The lowest BCUT2D eigenvalue weighted by molar-refractivity contribution is 1.14. The fourth-order valence-electron chi connectivity index (χ4n) is 1.18. The highest BCUT2D eigenvalue weighted by molar-refractivity contribution is 5.35. The summed E-state index contributed by atoms with van der Waals surface area (Å²) in [6.45, 7) is 4.31. The van der Waals surface area contributed by atoms with Gasteiger partial charge in [0.2, 0.25) is 0 Å². The van der Waals surface area contributed by atoms with Crippen LogP contribution in [0.3, 0.4) is 0 Å². The minimum atomic E-state index is 1.12. The van der Waals surface area contributed by atoms with Crippen molar-refractivity contribution in [2.24, 2.45) is 0 Å². The van der Waals surface area contributed by atoms with Crippen molar-refractivity contribution < 1.29 is 0 Å². The maximum atomic E-state index is 2.28.